The van der Waals surface area contributed by atoms with Gasteiger partial charge in [-0.2, -0.15) is 9.57 Å². The van der Waals surface area contributed by atoms with Gasteiger partial charge in [0, 0.05) is 13.6 Å². The molecule has 23 heavy (non-hydrogen) atoms. The van der Waals surface area contributed by atoms with Crippen LogP contribution in [-0.2, 0) is 10.0 Å². The zero-order chi connectivity index (χ0) is 16.9. The summed E-state index contributed by atoms with van der Waals surface area (Å²) >= 11 is 0. The van der Waals surface area contributed by atoms with E-state index in [1.165, 1.54) is 43.4 Å². The highest BCUT2D eigenvalue weighted by Gasteiger charge is 2.23. The van der Waals surface area contributed by atoms with Crippen molar-refractivity contribution in [1.82, 2.24) is 4.31 Å². The second-order valence-corrected chi connectivity index (χ2v) is 6.75. The molecule has 0 aliphatic carbocycles. The number of hydrogen-bond acceptors (Lipinski definition) is 4. The maximum absolute atomic E-state index is 12.8. The van der Waals surface area contributed by atoms with Crippen molar-refractivity contribution in [3.05, 3.63) is 59.9 Å². The van der Waals surface area contributed by atoms with E-state index in [0.717, 1.165) is 4.31 Å². The molecule has 0 saturated heterocycles. The molecule has 2 aromatic carbocycles. The molecule has 0 aliphatic heterocycles. The van der Waals surface area contributed by atoms with Crippen molar-refractivity contribution in [2.24, 2.45) is 0 Å². The number of hydrogen-bond donors (Lipinski definition) is 0. The molecule has 0 N–H and O–H groups in total. The quantitative estimate of drug-likeness (QED) is 0.813. The third-order valence-corrected chi connectivity index (χ3v) is 5.10. The molecule has 0 radical (unpaired) electrons. The molecule has 5 nitrogen and oxygen atoms in total. The van der Waals surface area contributed by atoms with Gasteiger partial charge >= 0.3 is 0 Å². The first-order chi connectivity index (χ1) is 10.9. The van der Waals surface area contributed by atoms with Gasteiger partial charge in [0.15, 0.2) is 0 Å². The number of benzene rings is 2. The summed E-state index contributed by atoms with van der Waals surface area (Å²) in [5.74, 6) is 0.0831. The van der Waals surface area contributed by atoms with Crippen molar-refractivity contribution in [3.8, 4) is 11.8 Å². The fourth-order valence-corrected chi connectivity index (χ4v) is 3.19. The SMILES string of the molecule is CN(CCOc1ccc(F)cc1)S(=O)(=O)c1ccccc1C#N. The molecule has 0 heterocycles. The lowest BCUT2D eigenvalue weighted by molar-refractivity contribution is 0.286. The van der Waals surface area contributed by atoms with Crippen molar-refractivity contribution in [3.63, 3.8) is 0 Å². The average molecular weight is 334 g/mol. The first-order valence-corrected chi connectivity index (χ1v) is 8.23. The number of nitriles is 1. The number of ether oxygens (including phenoxy) is 1. The van der Waals surface area contributed by atoms with Crippen LogP contribution in [0, 0.1) is 17.1 Å². The summed E-state index contributed by atoms with van der Waals surface area (Å²) in [7, 11) is -2.36. The van der Waals surface area contributed by atoms with Crippen LogP contribution in [0.25, 0.3) is 0 Å². The molecule has 0 unspecified atom stereocenters. The summed E-state index contributed by atoms with van der Waals surface area (Å²) in [6.45, 7) is 0.204. The third-order valence-electron chi connectivity index (χ3n) is 3.18. The molecular weight excluding hydrogens is 319 g/mol. The molecule has 2 aromatic rings. The minimum absolute atomic E-state index is 0.0354. The molecule has 0 fully saturated rings. The molecule has 120 valence electrons. The van der Waals surface area contributed by atoms with E-state index in [-0.39, 0.29) is 29.4 Å². The summed E-state index contributed by atoms with van der Waals surface area (Å²) in [4.78, 5) is -0.0354. The number of nitrogens with zero attached hydrogens (tertiary/aromatic N) is 2. The van der Waals surface area contributed by atoms with Gasteiger partial charge in [0.05, 0.1) is 10.5 Å². The maximum atomic E-state index is 12.8. The lowest BCUT2D eigenvalue weighted by atomic mass is 10.2. The van der Waals surface area contributed by atoms with Crippen LogP contribution in [0.3, 0.4) is 0 Å². The number of sulfonamides is 1. The Labute approximate surface area is 134 Å². The summed E-state index contributed by atoms with van der Waals surface area (Å²) in [5.41, 5.74) is 0.0961. The zero-order valence-electron chi connectivity index (χ0n) is 12.4. The van der Waals surface area contributed by atoms with Crippen LogP contribution >= 0.6 is 0 Å². The highest BCUT2D eigenvalue weighted by atomic mass is 32.2. The molecule has 2 rings (SSSR count). The Bertz CT molecular complexity index is 814. The monoisotopic (exact) mass is 334 g/mol. The van der Waals surface area contributed by atoms with E-state index in [0.29, 0.717) is 5.75 Å². The number of halogens is 1. The molecule has 0 atom stereocenters. The van der Waals surface area contributed by atoms with Crippen LogP contribution in [0.15, 0.2) is 53.4 Å². The summed E-state index contributed by atoms with van der Waals surface area (Å²) in [5, 5.41) is 9.02. The molecule has 0 spiro atoms. The third kappa shape index (κ3) is 4.06. The fraction of sp³-hybridized carbons (Fsp3) is 0.188. The van der Waals surface area contributed by atoms with Gasteiger partial charge < -0.3 is 4.74 Å². The Kier molecular flexibility index (Phi) is 5.32. The molecule has 0 aliphatic rings. The molecule has 0 saturated carbocycles. The van der Waals surface area contributed by atoms with Crippen LogP contribution in [0.1, 0.15) is 5.56 Å². The van der Waals surface area contributed by atoms with Crippen molar-refractivity contribution in [2.45, 2.75) is 4.90 Å². The Morgan fingerprint density at radius 3 is 2.48 bits per heavy atom. The van der Waals surface area contributed by atoms with E-state index in [1.807, 2.05) is 6.07 Å². The topological polar surface area (TPSA) is 70.4 Å². The van der Waals surface area contributed by atoms with E-state index in [9.17, 15) is 12.8 Å². The number of rotatable bonds is 6. The Hall–Kier alpha value is -2.43. The van der Waals surface area contributed by atoms with Gasteiger partial charge in [0.25, 0.3) is 0 Å². The van der Waals surface area contributed by atoms with Crippen molar-refractivity contribution in [1.29, 1.82) is 5.26 Å². The molecule has 0 aromatic heterocycles. The van der Waals surface area contributed by atoms with Gasteiger partial charge in [-0.15, -0.1) is 0 Å². The number of likely N-dealkylation sites (N-methyl/N-ethyl adjacent to an activating group) is 1. The van der Waals surface area contributed by atoms with Gasteiger partial charge in [-0.1, -0.05) is 12.1 Å². The normalized spacial score (nSPS) is 11.2. The minimum Gasteiger partial charge on any atom is -0.492 e. The van der Waals surface area contributed by atoms with E-state index in [2.05, 4.69) is 0 Å². The maximum Gasteiger partial charge on any atom is 0.244 e. The Balaban J connectivity index is 2.03. The highest BCUT2D eigenvalue weighted by Crippen LogP contribution is 2.18. The van der Waals surface area contributed by atoms with Crippen LogP contribution in [0.2, 0.25) is 0 Å². The molecule has 7 heteroatoms. The van der Waals surface area contributed by atoms with Crippen molar-refractivity contribution >= 4 is 10.0 Å². The standard InChI is InChI=1S/C16H15FN2O3S/c1-19(10-11-22-15-8-6-14(17)7-9-15)23(20,21)16-5-3-2-4-13(16)12-18/h2-9H,10-11H2,1H3. The van der Waals surface area contributed by atoms with Gasteiger partial charge in [-0.05, 0) is 36.4 Å². The molecule has 0 amide bonds. The lowest BCUT2D eigenvalue weighted by Crippen LogP contribution is -2.31. The minimum atomic E-state index is -3.77. The summed E-state index contributed by atoms with van der Waals surface area (Å²) in [6.07, 6.45) is 0. The second-order valence-electron chi connectivity index (χ2n) is 4.74. The van der Waals surface area contributed by atoms with Crippen molar-refractivity contribution < 1.29 is 17.5 Å². The summed E-state index contributed by atoms with van der Waals surface area (Å²) in [6, 6.07) is 13.4. The Morgan fingerprint density at radius 1 is 1.17 bits per heavy atom. The predicted molar refractivity (Wildman–Crippen MR) is 82.9 cm³/mol. The second kappa shape index (κ2) is 7.22. The van der Waals surface area contributed by atoms with E-state index >= 15 is 0 Å². The van der Waals surface area contributed by atoms with Gasteiger partial charge in [0.1, 0.15) is 24.2 Å². The van der Waals surface area contributed by atoms with E-state index < -0.39 is 10.0 Å². The van der Waals surface area contributed by atoms with E-state index in [1.54, 1.807) is 12.1 Å². The summed E-state index contributed by atoms with van der Waals surface area (Å²) < 4.78 is 44.2. The fourth-order valence-electron chi connectivity index (χ4n) is 1.89. The van der Waals surface area contributed by atoms with Crippen LogP contribution in [0.5, 0.6) is 5.75 Å². The van der Waals surface area contributed by atoms with Crippen molar-refractivity contribution in [2.75, 3.05) is 20.2 Å². The average Bonchev–Trinajstić information content (AvgIpc) is 2.56. The van der Waals surface area contributed by atoms with Crippen LogP contribution in [-0.4, -0.2) is 32.9 Å². The van der Waals surface area contributed by atoms with E-state index in [4.69, 9.17) is 10.00 Å². The largest absolute Gasteiger partial charge is 0.492 e. The highest BCUT2D eigenvalue weighted by molar-refractivity contribution is 7.89. The smallest absolute Gasteiger partial charge is 0.244 e. The van der Waals surface area contributed by atoms with Crippen LogP contribution < -0.4 is 4.74 Å². The first kappa shape index (κ1) is 16.9. The lowest BCUT2D eigenvalue weighted by Gasteiger charge is -2.18. The van der Waals surface area contributed by atoms with Gasteiger partial charge in [0.2, 0.25) is 10.0 Å². The first-order valence-electron chi connectivity index (χ1n) is 6.79. The molecule has 0 bridgehead atoms. The van der Waals surface area contributed by atoms with Crippen LogP contribution in [0.4, 0.5) is 4.39 Å². The Morgan fingerprint density at radius 2 is 1.83 bits per heavy atom. The zero-order valence-corrected chi connectivity index (χ0v) is 13.3. The van der Waals surface area contributed by atoms with Gasteiger partial charge in [-0.25, -0.2) is 12.8 Å². The van der Waals surface area contributed by atoms with Gasteiger partial charge in [-0.3, -0.25) is 0 Å². The predicted octanol–water partition coefficient (Wildman–Crippen LogP) is 2.40. The molecular formula is C16H15FN2O3S.